The van der Waals surface area contributed by atoms with Crippen molar-refractivity contribution in [2.24, 2.45) is 0 Å². The highest BCUT2D eigenvalue weighted by Gasteiger charge is 2.25. The van der Waals surface area contributed by atoms with Gasteiger partial charge in [0, 0.05) is 38.5 Å². The SMILES string of the molecule is CCN(CC)CCN(CC)C(=O)c1cnn(-c2ncc3c(n2)-c2ccccc2CCC3)c1COC. The number of ether oxygens (including phenoxy) is 1. The molecule has 2 aromatic heterocycles. The summed E-state index contributed by atoms with van der Waals surface area (Å²) in [5, 5.41) is 4.55. The van der Waals surface area contributed by atoms with Gasteiger partial charge in [0.05, 0.1) is 29.8 Å². The molecule has 4 rings (SSSR count). The fourth-order valence-corrected chi connectivity index (χ4v) is 4.73. The van der Waals surface area contributed by atoms with Crippen LogP contribution in [0.3, 0.4) is 0 Å². The van der Waals surface area contributed by atoms with Crippen molar-refractivity contribution in [1.82, 2.24) is 29.5 Å². The van der Waals surface area contributed by atoms with Gasteiger partial charge in [0.2, 0.25) is 0 Å². The summed E-state index contributed by atoms with van der Waals surface area (Å²) in [6, 6.07) is 8.42. The van der Waals surface area contributed by atoms with Crippen LogP contribution in [-0.2, 0) is 24.2 Å². The van der Waals surface area contributed by atoms with Gasteiger partial charge in [-0.15, -0.1) is 0 Å². The van der Waals surface area contributed by atoms with Crippen LogP contribution >= 0.6 is 0 Å². The molecular formula is C27H36N6O2. The fourth-order valence-electron chi connectivity index (χ4n) is 4.73. The summed E-state index contributed by atoms with van der Waals surface area (Å²) >= 11 is 0. The smallest absolute Gasteiger partial charge is 0.257 e. The van der Waals surface area contributed by atoms with Crippen LogP contribution in [0.4, 0.5) is 0 Å². The van der Waals surface area contributed by atoms with Gasteiger partial charge in [0.25, 0.3) is 11.9 Å². The summed E-state index contributed by atoms with van der Waals surface area (Å²) in [7, 11) is 1.62. The van der Waals surface area contributed by atoms with Crippen molar-refractivity contribution in [2.75, 3.05) is 39.8 Å². The molecule has 1 aliphatic rings. The van der Waals surface area contributed by atoms with Crippen LogP contribution in [0.5, 0.6) is 0 Å². The quantitative estimate of drug-likeness (QED) is 0.443. The zero-order valence-corrected chi connectivity index (χ0v) is 21.3. The number of fused-ring (bicyclic) bond motifs is 3. The van der Waals surface area contributed by atoms with Crippen LogP contribution in [0.15, 0.2) is 36.7 Å². The van der Waals surface area contributed by atoms with E-state index >= 15 is 0 Å². The number of aromatic nitrogens is 4. The number of benzene rings is 1. The van der Waals surface area contributed by atoms with Crippen molar-refractivity contribution in [1.29, 1.82) is 0 Å². The highest BCUT2D eigenvalue weighted by Crippen LogP contribution is 2.31. The van der Waals surface area contributed by atoms with Crippen LogP contribution in [0.2, 0.25) is 0 Å². The van der Waals surface area contributed by atoms with Crippen LogP contribution in [0.25, 0.3) is 17.2 Å². The van der Waals surface area contributed by atoms with Gasteiger partial charge in [-0.1, -0.05) is 38.1 Å². The average molecular weight is 477 g/mol. The first kappa shape index (κ1) is 25.0. The molecule has 0 unspecified atom stereocenters. The van der Waals surface area contributed by atoms with Gasteiger partial charge in [0.15, 0.2) is 0 Å². The molecule has 0 radical (unpaired) electrons. The molecule has 35 heavy (non-hydrogen) atoms. The minimum atomic E-state index is -0.0435. The van der Waals surface area contributed by atoms with Crippen molar-refractivity contribution in [3.05, 3.63) is 59.0 Å². The molecule has 0 saturated carbocycles. The Bertz CT molecular complexity index is 1150. The van der Waals surface area contributed by atoms with Crippen LogP contribution in [-0.4, -0.2) is 75.3 Å². The van der Waals surface area contributed by atoms with E-state index in [1.807, 2.05) is 24.1 Å². The van der Waals surface area contributed by atoms with Gasteiger partial charge in [-0.2, -0.15) is 9.78 Å². The van der Waals surface area contributed by atoms with Gasteiger partial charge in [-0.25, -0.2) is 9.97 Å². The second-order valence-corrected chi connectivity index (χ2v) is 8.82. The Morgan fingerprint density at radius 3 is 2.54 bits per heavy atom. The van der Waals surface area contributed by atoms with E-state index in [1.165, 1.54) is 5.56 Å². The number of hydrogen-bond donors (Lipinski definition) is 0. The van der Waals surface area contributed by atoms with Gasteiger partial charge < -0.3 is 14.5 Å². The van der Waals surface area contributed by atoms with Crippen molar-refractivity contribution in [3.63, 3.8) is 0 Å². The summed E-state index contributed by atoms with van der Waals surface area (Å²) < 4.78 is 7.13. The Kier molecular flexibility index (Phi) is 8.25. The second-order valence-electron chi connectivity index (χ2n) is 8.82. The molecule has 0 spiro atoms. The van der Waals surface area contributed by atoms with Gasteiger partial charge >= 0.3 is 0 Å². The maximum atomic E-state index is 13.5. The predicted octanol–water partition coefficient (Wildman–Crippen LogP) is 3.77. The number of aryl methyl sites for hydroxylation is 2. The number of rotatable bonds is 10. The largest absolute Gasteiger partial charge is 0.378 e. The first-order chi connectivity index (χ1) is 17.1. The minimum Gasteiger partial charge on any atom is -0.378 e. The van der Waals surface area contributed by atoms with Crippen LogP contribution in [0, 0.1) is 0 Å². The normalized spacial score (nSPS) is 12.8. The highest BCUT2D eigenvalue weighted by molar-refractivity contribution is 5.95. The second kappa shape index (κ2) is 11.6. The Morgan fingerprint density at radius 2 is 1.80 bits per heavy atom. The van der Waals surface area contributed by atoms with Crippen molar-refractivity contribution in [3.8, 4) is 17.2 Å². The lowest BCUT2D eigenvalue weighted by Gasteiger charge is -2.25. The standard InChI is InChI=1S/C27H36N6O2/c1-5-31(6-2)15-16-32(7-3)26(34)23-18-29-33(24(23)19-35-4)27-28-17-21-13-10-12-20-11-8-9-14-22(20)25(21)30-27/h8-9,11,14,17-18H,5-7,10,12-13,15-16,19H2,1-4H3. The molecule has 1 aliphatic carbocycles. The third-order valence-corrected chi connectivity index (χ3v) is 6.84. The topological polar surface area (TPSA) is 76.4 Å². The van der Waals surface area contributed by atoms with E-state index < -0.39 is 0 Å². The zero-order valence-electron chi connectivity index (χ0n) is 21.3. The van der Waals surface area contributed by atoms with Crippen LogP contribution in [0.1, 0.15) is 54.4 Å². The van der Waals surface area contributed by atoms with Crippen molar-refractivity contribution in [2.45, 2.75) is 46.6 Å². The van der Waals surface area contributed by atoms with Gasteiger partial charge in [-0.3, -0.25) is 4.79 Å². The fraction of sp³-hybridized carbons (Fsp3) is 0.481. The Labute approximate surface area is 207 Å². The Balaban J connectivity index is 1.68. The molecule has 0 N–H and O–H groups in total. The van der Waals surface area contributed by atoms with Crippen LogP contribution < -0.4 is 0 Å². The highest BCUT2D eigenvalue weighted by atomic mass is 16.5. The number of carbonyl (C=O) groups excluding carboxylic acids is 1. The number of hydrogen-bond acceptors (Lipinski definition) is 6. The third kappa shape index (κ3) is 5.28. The maximum absolute atomic E-state index is 13.5. The van der Waals surface area contributed by atoms with E-state index in [1.54, 1.807) is 18.0 Å². The minimum absolute atomic E-state index is 0.0435. The number of amides is 1. The van der Waals surface area contributed by atoms with Gasteiger partial charge in [0.1, 0.15) is 0 Å². The molecule has 0 fully saturated rings. The molecule has 0 atom stereocenters. The van der Waals surface area contributed by atoms with E-state index in [0.717, 1.165) is 55.7 Å². The molecule has 3 aromatic rings. The molecule has 8 nitrogen and oxygen atoms in total. The summed E-state index contributed by atoms with van der Waals surface area (Å²) in [5.41, 5.74) is 5.74. The first-order valence-electron chi connectivity index (χ1n) is 12.6. The molecule has 1 amide bonds. The monoisotopic (exact) mass is 476 g/mol. The van der Waals surface area contributed by atoms with Crippen molar-refractivity contribution < 1.29 is 9.53 Å². The average Bonchev–Trinajstić information content (AvgIpc) is 3.21. The van der Waals surface area contributed by atoms with Crippen molar-refractivity contribution >= 4 is 5.91 Å². The summed E-state index contributed by atoms with van der Waals surface area (Å²) in [5.74, 6) is 0.413. The molecule has 8 heteroatoms. The molecule has 0 bridgehead atoms. The molecule has 0 aliphatic heterocycles. The first-order valence-corrected chi connectivity index (χ1v) is 12.6. The van der Waals surface area contributed by atoms with Gasteiger partial charge in [-0.05, 0) is 50.4 Å². The Morgan fingerprint density at radius 1 is 1.03 bits per heavy atom. The number of nitrogens with zero attached hydrogens (tertiary/aromatic N) is 6. The number of likely N-dealkylation sites (N-methyl/N-ethyl adjacent to an activating group) is 2. The number of carbonyl (C=O) groups is 1. The maximum Gasteiger partial charge on any atom is 0.257 e. The van der Waals surface area contributed by atoms with E-state index in [9.17, 15) is 4.79 Å². The lowest BCUT2D eigenvalue weighted by Crippen LogP contribution is -2.38. The number of methoxy groups -OCH3 is 1. The van der Waals surface area contributed by atoms with E-state index in [2.05, 4.69) is 47.0 Å². The summed E-state index contributed by atoms with van der Waals surface area (Å²) in [6.07, 6.45) is 6.57. The van der Waals surface area contributed by atoms with E-state index in [-0.39, 0.29) is 12.5 Å². The predicted molar refractivity (Wildman–Crippen MR) is 137 cm³/mol. The zero-order chi connectivity index (χ0) is 24.8. The lowest BCUT2D eigenvalue weighted by molar-refractivity contribution is 0.0741. The summed E-state index contributed by atoms with van der Waals surface area (Å²) in [6.45, 7) is 10.6. The molecule has 1 aromatic carbocycles. The third-order valence-electron chi connectivity index (χ3n) is 6.84. The Hall–Kier alpha value is -3.10. The van der Waals surface area contributed by atoms with E-state index in [4.69, 9.17) is 9.72 Å². The lowest BCUT2D eigenvalue weighted by atomic mass is 10.0. The molecular weight excluding hydrogens is 440 g/mol. The summed E-state index contributed by atoms with van der Waals surface area (Å²) in [4.78, 5) is 27.3. The molecule has 186 valence electrons. The molecule has 2 heterocycles. The van der Waals surface area contributed by atoms with E-state index in [0.29, 0.717) is 30.3 Å². The molecule has 0 saturated heterocycles.